The lowest BCUT2D eigenvalue weighted by Crippen LogP contribution is -2.31. The monoisotopic (exact) mass is 227 g/mol. The maximum absolute atomic E-state index is 11.4. The number of amides is 2. The second-order valence-corrected chi connectivity index (χ2v) is 3.21. The predicted molar refractivity (Wildman–Crippen MR) is 56.5 cm³/mol. The fourth-order valence-corrected chi connectivity index (χ4v) is 1.27. The van der Waals surface area contributed by atoms with Crippen LogP contribution < -0.4 is 5.32 Å². The zero-order valence-electron chi connectivity index (χ0n) is 9.14. The van der Waals surface area contributed by atoms with Crippen LogP contribution in [0.1, 0.15) is 6.42 Å². The maximum Gasteiger partial charge on any atom is 0.410 e. The molecule has 1 heterocycles. The number of alkyl carbamates (subject to hydrolysis) is 1. The van der Waals surface area contributed by atoms with E-state index in [1.165, 1.54) is 18.0 Å². The van der Waals surface area contributed by atoms with Gasteiger partial charge in [-0.1, -0.05) is 12.7 Å². The molecular weight excluding hydrogens is 212 g/mol. The van der Waals surface area contributed by atoms with Crippen molar-refractivity contribution in [3.63, 3.8) is 0 Å². The summed E-state index contributed by atoms with van der Waals surface area (Å²) < 4.78 is 9.83. The van der Waals surface area contributed by atoms with Crippen LogP contribution in [-0.4, -0.2) is 43.4 Å². The molecule has 1 aliphatic rings. The molecule has 1 aliphatic heterocycles. The molecule has 1 N–H and O–H groups in total. The van der Waals surface area contributed by atoms with Gasteiger partial charge in [0.2, 0.25) is 0 Å². The van der Waals surface area contributed by atoms with Gasteiger partial charge in [0.25, 0.3) is 0 Å². The first-order valence-electron chi connectivity index (χ1n) is 4.93. The fourth-order valence-electron chi connectivity index (χ4n) is 1.27. The van der Waals surface area contributed by atoms with Crippen molar-refractivity contribution in [3.05, 3.63) is 19.2 Å². The van der Waals surface area contributed by atoms with E-state index in [0.717, 1.165) is 0 Å². The second-order valence-electron chi connectivity index (χ2n) is 3.21. The Hall–Kier alpha value is -1.72. The first-order valence-corrected chi connectivity index (χ1v) is 4.93. The summed E-state index contributed by atoms with van der Waals surface area (Å²) in [6.07, 6.45) is 0.738. The minimum Gasteiger partial charge on any atom is -0.445 e. The molecule has 0 spiro atoms. The average molecular weight is 227 g/mol. The molecule has 1 saturated heterocycles. The summed E-state index contributed by atoms with van der Waals surface area (Å²) in [5.74, 6) is 0. The summed E-state index contributed by atoms with van der Waals surface area (Å²) in [7, 11) is 1.48. The van der Waals surface area contributed by atoms with E-state index >= 15 is 0 Å². The quantitative estimate of drug-likeness (QED) is 0.727. The van der Waals surface area contributed by atoms with E-state index in [4.69, 9.17) is 9.47 Å². The van der Waals surface area contributed by atoms with Crippen molar-refractivity contribution in [3.8, 4) is 0 Å². The summed E-state index contributed by atoms with van der Waals surface area (Å²) in [6, 6.07) is 0. The van der Waals surface area contributed by atoms with Gasteiger partial charge in [-0.15, -0.1) is 0 Å². The van der Waals surface area contributed by atoms with E-state index in [0.29, 0.717) is 13.0 Å². The Labute approximate surface area is 94.2 Å². The molecular formula is C10H15N2O4. The molecule has 1 unspecified atom stereocenters. The van der Waals surface area contributed by atoms with Crippen LogP contribution in [0.25, 0.3) is 0 Å². The summed E-state index contributed by atoms with van der Waals surface area (Å²) in [5.41, 5.74) is 0. The Morgan fingerprint density at radius 1 is 1.69 bits per heavy atom. The zero-order valence-corrected chi connectivity index (χ0v) is 9.14. The molecule has 1 radical (unpaired) electrons. The molecule has 89 valence electrons. The van der Waals surface area contributed by atoms with Crippen molar-refractivity contribution < 1.29 is 19.1 Å². The number of nitrogens with zero attached hydrogens (tertiary/aromatic N) is 1. The van der Waals surface area contributed by atoms with Crippen LogP contribution in [-0.2, 0) is 9.47 Å². The van der Waals surface area contributed by atoms with Crippen molar-refractivity contribution in [2.45, 2.75) is 12.5 Å². The largest absolute Gasteiger partial charge is 0.445 e. The van der Waals surface area contributed by atoms with Crippen LogP contribution >= 0.6 is 0 Å². The zero-order chi connectivity index (χ0) is 12.0. The van der Waals surface area contributed by atoms with Gasteiger partial charge in [0.05, 0.1) is 13.1 Å². The number of nitrogens with one attached hydrogen (secondary N) is 1. The normalized spacial score (nSPS) is 19.1. The van der Waals surface area contributed by atoms with Crippen molar-refractivity contribution in [1.82, 2.24) is 10.2 Å². The molecule has 0 aromatic heterocycles. The molecule has 0 saturated carbocycles. The van der Waals surface area contributed by atoms with Crippen molar-refractivity contribution in [1.29, 1.82) is 0 Å². The third kappa shape index (κ3) is 3.45. The van der Waals surface area contributed by atoms with Crippen molar-refractivity contribution in [2.24, 2.45) is 0 Å². The van der Waals surface area contributed by atoms with Gasteiger partial charge < -0.3 is 14.8 Å². The molecule has 6 nitrogen and oxygen atoms in total. The van der Waals surface area contributed by atoms with Gasteiger partial charge in [0.15, 0.2) is 0 Å². The van der Waals surface area contributed by atoms with E-state index in [2.05, 4.69) is 11.9 Å². The second kappa shape index (κ2) is 5.99. The standard InChI is InChI=1S/C10H15N2O4/c1-3-6-15-10(14)12-5-4-8(7-12)16-9(13)11-2/h3,5,8H,1,4,6-7H2,2H3,(H,11,13). The van der Waals surface area contributed by atoms with Gasteiger partial charge in [-0.2, -0.15) is 0 Å². The highest BCUT2D eigenvalue weighted by molar-refractivity contribution is 5.70. The van der Waals surface area contributed by atoms with Crippen LogP contribution in [0.15, 0.2) is 12.7 Å². The first-order chi connectivity index (χ1) is 7.67. The van der Waals surface area contributed by atoms with Gasteiger partial charge in [-0.3, -0.25) is 4.90 Å². The summed E-state index contributed by atoms with van der Waals surface area (Å²) in [5, 5.41) is 2.35. The SMILES string of the molecule is C=CCOC(=O)N1[CH]CC(OC(=O)NC)C1. The fraction of sp³-hybridized carbons (Fsp3) is 0.500. The molecule has 1 fully saturated rings. The van der Waals surface area contributed by atoms with Gasteiger partial charge in [-0.25, -0.2) is 9.59 Å². The van der Waals surface area contributed by atoms with Gasteiger partial charge in [0, 0.05) is 13.5 Å². The predicted octanol–water partition coefficient (Wildman–Crippen LogP) is 0.901. The van der Waals surface area contributed by atoms with Crippen LogP contribution in [0.3, 0.4) is 0 Å². The summed E-state index contributed by atoms with van der Waals surface area (Å²) >= 11 is 0. The highest BCUT2D eigenvalue weighted by atomic mass is 16.6. The molecule has 0 aliphatic carbocycles. The third-order valence-corrected chi connectivity index (χ3v) is 2.03. The molecule has 1 rings (SSSR count). The topological polar surface area (TPSA) is 67.9 Å². The number of carbonyl (C=O) groups excluding carboxylic acids is 2. The first kappa shape index (κ1) is 12.4. The van der Waals surface area contributed by atoms with Gasteiger partial charge in [0.1, 0.15) is 12.7 Å². The summed E-state index contributed by atoms with van der Waals surface area (Å²) in [4.78, 5) is 23.7. The number of hydrogen-bond donors (Lipinski definition) is 1. The Bertz CT molecular complexity index is 280. The average Bonchev–Trinajstić information content (AvgIpc) is 2.74. The number of likely N-dealkylation sites (tertiary alicyclic amines) is 1. The lowest BCUT2D eigenvalue weighted by molar-refractivity contribution is 0.0931. The van der Waals surface area contributed by atoms with Gasteiger partial charge in [-0.05, 0) is 0 Å². The number of carbonyl (C=O) groups is 2. The van der Waals surface area contributed by atoms with Crippen molar-refractivity contribution >= 4 is 12.2 Å². The minimum absolute atomic E-state index is 0.171. The van der Waals surface area contributed by atoms with E-state index in [9.17, 15) is 9.59 Å². The maximum atomic E-state index is 11.4. The molecule has 16 heavy (non-hydrogen) atoms. The van der Waals surface area contributed by atoms with E-state index in [1.807, 2.05) is 0 Å². The van der Waals surface area contributed by atoms with Crippen LogP contribution in [0, 0.1) is 6.54 Å². The molecule has 1 atom stereocenters. The van der Waals surface area contributed by atoms with Crippen molar-refractivity contribution in [2.75, 3.05) is 20.2 Å². The van der Waals surface area contributed by atoms with Gasteiger partial charge >= 0.3 is 12.2 Å². The lowest BCUT2D eigenvalue weighted by Gasteiger charge is -2.15. The van der Waals surface area contributed by atoms with E-state index < -0.39 is 12.2 Å². The minimum atomic E-state index is -0.500. The smallest absolute Gasteiger partial charge is 0.410 e. The van der Waals surface area contributed by atoms with E-state index in [1.54, 1.807) is 6.54 Å². The molecule has 2 amide bonds. The van der Waals surface area contributed by atoms with Crippen LogP contribution in [0.4, 0.5) is 9.59 Å². The molecule has 0 aromatic carbocycles. The number of rotatable bonds is 3. The Kier molecular flexibility index (Phi) is 4.63. The Balaban J connectivity index is 2.31. The number of ether oxygens (including phenoxy) is 2. The third-order valence-electron chi connectivity index (χ3n) is 2.03. The molecule has 6 heteroatoms. The molecule has 0 bridgehead atoms. The Morgan fingerprint density at radius 2 is 2.44 bits per heavy atom. The van der Waals surface area contributed by atoms with Crippen LogP contribution in [0.2, 0.25) is 0 Å². The van der Waals surface area contributed by atoms with Crippen LogP contribution in [0.5, 0.6) is 0 Å². The van der Waals surface area contributed by atoms with E-state index in [-0.39, 0.29) is 12.7 Å². The summed E-state index contributed by atoms with van der Waals surface area (Å²) in [6.45, 7) is 5.59. The highest BCUT2D eigenvalue weighted by Crippen LogP contribution is 2.17. The number of hydrogen-bond acceptors (Lipinski definition) is 4. The molecule has 0 aromatic rings. The highest BCUT2D eigenvalue weighted by Gasteiger charge is 2.29. The Morgan fingerprint density at radius 3 is 3.06 bits per heavy atom. The lowest BCUT2D eigenvalue weighted by atomic mass is 10.3.